The van der Waals surface area contributed by atoms with E-state index in [2.05, 4.69) is 152 Å². The lowest BCUT2D eigenvalue weighted by Crippen LogP contribution is -2.23. The lowest BCUT2D eigenvalue weighted by Gasteiger charge is -2.26. The Labute approximate surface area is 220 Å². The van der Waals surface area contributed by atoms with E-state index in [1.165, 1.54) is 54.1 Å². The van der Waals surface area contributed by atoms with Gasteiger partial charge in [-0.25, -0.2) is 0 Å². The fraction of sp³-hybridized carbons (Fsp3) is 0.0857. The SMILES string of the molecule is CN(C)Cc1ccc2ccccc2c1-c1c(P(c2ccccc2)c2ccccc2)ccc2ccccc12. The Morgan fingerprint density at radius 3 is 1.54 bits per heavy atom. The Morgan fingerprint density at radius 2 is 0.973 bits per heavy atom. The van der Waals surface area contributed by atoms with Crippen LogP contribution in [-0.4, -0.2) is 19.0 Å². The first-order valence-corrected chi connectivity index (χ1v) is 14.1. The van der Waals surface area contributed by atoms with E-state index in [1.54, 1.807) is 0 Å². The maximum absolute atomic E-state index is 2.39. The quantitative estimate of drug-likeness (QED) is 0.217. The van der Waals surface area contributed by atoms with Gasteiger partial charge in [-0.15, -0.1) is 0 Å². The molecule has 0 aliphatic heterocycles. The third kappa shape index (κ3) is 4.58. The molecule has 6 aromatic rings. The van der Waals surface area contributed by atoms with E-state index in [-0.39, 0.29) is 0 Å². The van der Waals surface area contributed by atoms with Gasteiger partial charge in [0.25, 0.3) is 0 Å². The summed E-state index contributed by atoms with van der Waals surface area (Å²) in [6.45, 7) is 0.886. The zero-order chi connectivity index (χ0) is 25.2. The summed E-state index contributed by atoms with van der Waals surface area (Å²) in [7, 11) is 3.55. The van der Waals surface area contributed by atoms with Gasteiger partial charge in [0.1, 0.15) is 0 Å². The fourth-order valence-corrected chi connectivity index (χ4v) is 7.85. The van der Waals surface area contributed by atoms with E-state index in [0.29, 0.717) is 0 Å². The van der Waals surface area contributed by atoms with Gasteiger partial charge in [-0.05, 0) is 76.2 Å². The molecule has 2 heteroatoms. The van der Waals surface area contributed by atoms with E-state index in [0.717, 1.165) is 6.54 Å². The Hall–Kier alpha value is -3.77. The van der Waals surface area contributed by atoms with Crippen LogP contribution in [0, 0.1) is 0 Å². The van der Waals surface area contributed by atoms with Crippen molar-refractivity contribution in [3.8, 4) is 11.1 Å². The second-order valence-corrected chi connectivity index (χ2v) is 11.9. The third-order valence-electron chi connectivity index (χ3n) is 6.93. The highest BCUT2D eigenvalue weighted by atomic mass is 31.1. The monoisotopic (exact) mass is 495 g/mol. The number of fused-ring (bicyclic) bond motifs is 2. The van der Waals surface area contributed by atoms with Crippen LogP contribution < -0.4 is 15.9 Å². The molecular weight excluding hydrogens is 465 g/mol. The molecule has 0 N–H and O–H groups in total. The number of hydrogen-bond donors (Lipinski definition) is 0. The Morgan fingerprint density at radius 1 is 0.486 bits per heavy atom. The second-order valence-electron chi connectivity index (χ2n) is 9.75. The van der Waals surface area contributed by atoms with Crippen molar-refractivity contribution >= 4 is 45.4 Å². The molecule has 0 aromatic heterocycles. The Balaban J connectivity index is 1.76. The molecule has 37 heavy (non-hydrogen) atoms. The molecule has 6 aromatic carbocycles. The summed E-state index contributed by atoms with van der Waals surface area (Å²) >= 11 is 0. The van der Waals surface area contributed by atoms with Crippen molar-refractivity contribution in [2.75, 3.05) is 14.1 Å². The first-order chi connectivity index (χ1) is 18.2. The van der Waals surface area contributed by atoms with Crippen LogP contribution in [-0.2, 0) is 6.54 Å². The molecule has 0 atom stereocenters. The number of nitrogens with zero attached hydrogens (tertiary/aromatic N) is 1. The number of benzene rings is 6. The standard InChI is InChI=1S/C35H30NP/c1-36(2)25-28-22-21-26-13-9-11-19-31(26)34(28)35-32-20-12-10-14-27(32)23-24-33(35)37(29-15-5-3-6-16-29)30-17-7-4-8-18-30/h3-24H,25H2,1-2H3. The molecule has 0 heterocycles. The van der Waals surface area contributed by atoms with Crippen molar-refractivity contribution in [3.63, 3.8) is 0 Å². The van der Waals surface area contributed by atoms with Gasteiger partial charge in [-0.1, -0.05) is 133 Å². The zero-order valence-electron chi connectivity index (χ0n) is 21.3. The Kier molecular flexibility index (Phi) is 6.58. The fourth-order valence-electron chi connectivity index (χ4n) is 5.37. The minimum atomic E-state index is -0.765. The summed E-state index contributed by atoms with van der Waals surface area (Å²) in [5, 5.41) is 9.33. The van der Waals surface area contributed by atoms with Gasteiger partial charge in [-0.2, -0.15) is 0 Å². The minimum Gasteiger partial charge on any atom is -0.305 e. The molecule has 6 rings (SSSR count). The zero-order valence-corrected chi connectivity index (χ0v) is 22.2. The van der Waals surface area contributed by atoms with Gasteiger partial charge < -0.3 is 4.90 Å². The maximum Gasteiger partial charge on any atom is 0.0234 e. The lowest BCUT2D eigenvalue weighted by molar-refractivity contribution is 0.403. The molecule has 0 aliphatic rings. The van der Waals surface area contributed by atoms with Crippen LogP contribution >= 0.6 is 7.92 Å². The van der Waals surface area contributed by atoms with Crippen molar-refractivity contribution in [3.05, 3.63) is 139 Å². The molecule has 0 amide bonds. The van der Waals surface area contributed by atoms with Crippen LogP contribution in [0.25, 0.3) is 32.7 Å². The molecule has 0 radical (unpaired) electrons. The first-order valence-electron chi connectivity index (χ1n) is 12.8. The van der Waals surface area contributed by atoms with E-state index >= 15 is 0 Å². The first kappa shape index (κ1) is 23.6. The molecule has 0 aliphatic carbocycles. The van der Waals surface area contributed by atoms with Gasteiger partial charge in [0, 0.05) is 6.54 Å². The normalized spacial score (nSPS) is 11.6. The van der Waals surface area contributed by atoms with Crippen LogP contribution in [0.3, 0.4) is 0 Å². The predicted octanol–water partition coefficient (Wildman–Crippen LogP) is 7.48. The van der Waals surface area contributed by atoms with E-state index in [4.69, 9.17) is 0 Å². The van der Waals surface area contributed by atoms with Gasteiger partial charge >= 0.3 is 0 Å². The van der Waals surface area contributed by atoms with Gasteiger partial charge in [0.15, 0.2) is 0 Å². The molecule has 0 unspecified atom stereocenters. The predicted molar refractivity (Wildman–Crippen MR) is 163 cm³/mol. The molecule has 0 spiro atoms. The third-order valence-corrected chi connectivity index (χ3v) is 9.41. The van der Waals surface area contributed by atoms with Crippen LogP contribution in [0.2, 0.25) is 0 Å². The molecule has 1 nitrogen and oxygen atoms in total. The molecule has 0 saturated heterocycles. The van der Waals surface area contributed by atoms with Crippen LogP contribution in [0.5, 0.6) is 0 Å². The van der Waals surface area contributed by atoms with Gasteiger partial charge in [0.2, 0.25) is 0 Å². The highest BCUT2D eigenvalue weighted by molar-refractivity contribution is 7.80. The highest BCUT2D eigenvalue weighted by Gasteiger charge is 2.24. The second kappa shape index (κ2) is 10.3. The number of hydrogen-bond acceptors (Lipinski definition) is 1. The van der Waals surface area contributed by atoms with Crippen LogP contribution in [0.4, 0.5) is 0 Å². The summed E-state index contributed by atoms with van der Waals surface area (Å²) in [6.07, 6.45) is 0. The average Bonchev–Trinajstić information content (AvgIpc) is 2.94. The van der Waals surface area contributed by atoms with Crippen LogP contribution in [0.15, 0.2) is 133 Å². The lowest BCUT2D eigenvalue weighted by atomic mass is 9.90. The van der Waals surface area contributed by atoms with Crippen molar-refractivity contribution in [2.45, 2.75) is 6.54 Å². The van der Waals surface area contributed by atoms with Crippen LogP contribution in [0.1, 0.15) is 5.56 Å². The maximum atomic E-state index is 2.39. The summed E-state index contributed by atoms with van der Waals surface area (Å²) in [5.41, 5.74) is 4.08. The summed E-state index contributed by atoms with van der Waals surface area (Å²) in [6, 6.07) is 49.1. The largest absolute Gasteiger partial charge is 0.305 e. The van der Waals surface area contributed by atoms with Crippen molar-refractivity contribution < 1.29 is 0 Å². The van der Waals surface area contributed by atoms with Crippen molar-refractivity contribution in [1.29, 1.82) is 0 Å². The minimum absolute atomic E-state index is 0.765. The topological polar surface area (TPSA) is 3.24 Å². The van der Waals surface area contributed by atoms with Crippen molar-refractivity contribution in [1.82, 2.24) is 4.90 Å². The summed E-state index contributed by atoms with van der Waals surface area (Å²) < 4.78 is 0. The molecule has 0 saturated carbocycles. The van der Waals surface area contributed by atoms with Gasteiger partial charge in [0.05, 0.1) is 0 Å². The summed E-state index contributed by atoms with van der Waals surface area (Å²) in [4.78, 5) is 2.27. The molecule has 0 fully saturated rings. The molecule has 180 valence electrons. The number of rotatable bonds is 6. The van der Waals surface area contributed by atoms with Gasteiger partial charge in [-0.3, -0.25) is 0 Å². The molecule has 0 bridgehead atoms. The molecular formula is C35H30NP. The van der Waals surface area contributed by atoms with E-state index < -0.39 is 7.92 Å². The smallest absolute Gasteiger partial charge is 0.0234 e. The van der Waals surface area contributed by atoms with E-state index in [9.17, 15) is 0 Å². The van der Waals surface area contributed by atoms with E-state index in [1.807, 2.05) is 0 Å². The summed E-state index contributed by atoms with van der Waals surface area (Å²) in [5.74, 6) is 0. The highest BCUT2D eigenvalue weighted by Crippen LogP contribution is 2.43. The van der Waals surface area contributed by atoms with Crippen molar-refractivity contribution in [2.24, 2.45) is 0 Å². The average molecular weight is 496 g/mol. The Bertz CT molecular complexity index is 1630.